The summed E-state index contributed by atoms with van der Waals surface area (Å²) in [6.45, 7) is 5.12. The molecule has 0 spiro atoms. The quantitative estimate of drug-likeness (QED) is 0.805. The fourth-order valence-electron chi connectivity index (χ4n) is 2.24. The number of nitrogens with one attached hydrogen (secondary N) is 1. The van der Waals surface area contributed by atoms with Crippen molar-refractivity contribution in [1.82, 2.24) is 5.32 Å². The highest BCUT2D eigenvalue weighted by atomic mass is 16.5. The highest BCUT2D eigenvalue weighted by molar-refractivity contribution is 5.32. The Morgan fingerprint density at radius 2 is 2.00 bits per heavy atom. The zero-order valence-corrected chi connectivity index (χ0v) is 10.3. The second-order valence-electron chi connectivity index (χ2n) is 4.71. The Labute approximate surface area is 102 Å². The van der Waals surface area contributed by atoms with Crippen LogP contribution in [-0.2, 0) is 4.74 Å². The van der Waals surface area contributed by atoms with Crippen LogP contribution in [0, 0.1) is 11.3 Å². The third kappa shape index (κ3) is 3.06. The first kappa shape index (κ1) is 12.1. The van der Waals surface area contributed by atoms with Crippen molar-refractivity contribution in [3.05, 3.63) is 35.4 Å². The Kier molecular flexibility index (Phi) is 3.78. The number of ether oxygens (including phenoxy) is 1. The maximum atomic E-state index is 8.77. The lowest BCUT2D eigenvalue weighted by Gasteiger charge is -2.18. The third-order valence-corrected chi connectivity index (χ3v) is 3.15. The Balaban J connectivity index is 2.12. The molecule has 3 unspecified atom stereocenters. The highest BCUT2D eigenvalue weighted by Gasteiger charge is 2.21. The summed E-state index contributed by atoms with van der Waals surface area (Å²) in [4.78, 5) is 0. The van der Waals surface area contributed by atoms with E-state index in [-0.39, 0.29) is 12.2 Å². The predicted octanol–water partition coefficient (Wildman–Crippen LogP) is 2.39. The summed E-state index contributed by atoms with van der Waals surface area (Å²) >= 11 is 0. The van der Waals surface area contributed by atoms with E-state index in [0.717, 1.165) is 18.5 Å². The van der Waals surface area contributed by atoms with Crippen LogP contribution in [0.3, 0.4) is 0 Å². The molecule has 1 saturated heterocycles. The minimum absolute atomic E-state index is 0.0858. The first-order valence-electron chi connectivity index (χ1n) is 6.08. The van der Waals surface area contributed by atoms with Gasteiger partial charge >= 0.3 is 0 Å². The second-order valence-corrected chi connectivity index (χ2v) is 4.71. The van der Waals surface area contributed by atoms with Crippen molar-refractivity contribution < 1.29 is 4.74 Å². The second kappa shape index (κ2) is 5.31. The summed E-state index contributed by atoms with van der Waals surface area (Å²) in [6.07, 6.45) is 1.38. The van der Waals surface area contributed by atoms with Gasteiger partial charge in [-0.25, -0.2) is 0 Å². The molecule has 3 heteroatoms. The van der Waals surface area contributed by atoms with Gasteiger partial charge in [0.2, 0.25) is 0 Å². The van der Waals surface area contributed by atoms with Crippen LogP contribution in [0.2, 0.25) is 0 Å². The number of benzene rings is 1. The van der Waals surface area contributed by atoms with Gasteiger partial charge in [0.05, 0.1) is 23.8 Å². The summed E-state index contributed by atoms with van der Waals surface area (Å²) in [7, 11) is 0. The van der Waals surface area contributed by atoms with Crippen LogP contribution in [0.15, 0.2) is 24.3 Å². The maximum absolute atomic E-state index is 8.77. The van der Waals surface area contributed by atoms with Crippen LogP contribution in [0.5, 0.6) is 0 Å². The van der Waals surface area contributed by atoms with E-state index in [2.05, 4.69) is 25.2 Å². The van der Waals surface area contributed by atoms with Gasteiger partial charge < -0.3 is 10.1 Å². The summed E-state index contributed by atoms with van der Waals surface area (Å²) < 4.78 is 6.00. The molecule has 0 aromatic heterocycles. The Morgan fingerprint density at radius 1 is 1.29 bits per heavy atom. The van der Waals surface area contributed by atoms with E-state index in [9.17, 15) is 0 Å². The van der Waals surface area contributed by atoms with Crippen LogP contribution in [-0.4, -0.2) is 18.7 Å². The van der Waals surface area contributed by atoms with Crippen molar-refractivity contribution in [2.75, 3.05) is 6.54 Å². The van der Waals surface area contributed by atoms with Crippen LogP contribution < -0.4 is 5.32 Å². The fraction of sp³-hybridized carbons (Fsp3) is 0.500. The predicted molar refractivity (Wildman–Crippen MR) is 66.5 cm³/mol. The smallest absolute Gasteiger partial charge is 0.0991 e. The lowest BCUT2D eigenvalue weighted by molar-refractivity contribution is 0.00718. The topological polar surface area (TPSA) is 45.0 Å². The van der Waals surface area contributed by atoms with Crippen molar-refractivity contribution in [3.63, 3.8) is 0 Å². The lowest BCUT2D eigenvalue weighted by Crippen LogP contribution is -2.27. The molecule has 0 amide bonds. The molecule has 0 bridgehead atoms. The number of hydrogen-bond acceptors (Lipinski definition) is 3. The SMILES string of the molecule is CC1CC(C)OC(c2ccc(C#N)cc2)CN1. The zero-order valence-electron chi connectivity index (χ0n) is 10.3. The van der Waals surface area contributed by atoms with Gasteiger partial charge in [0.25, 0.3) is 0 Å². The highest BCUT2D eigenvalue weighted by Crippen LogP contribution is 2.23. The minimum Gasteiger partial charge on any atom is -0.369 e. The Morgan fingerprint density at radius 3 is 2.65 bits per heavy atom. The molecule has 1 aliphatic rings. The summed E-state index contributed by atoms with van der Waals surface area (Å²) in [5, 5.41) is 12.2. The van der Waals surface area contributed by atoms with Crippen LogP contribution in [0.25, 0.3) is 0 Å². The van der Waals surface area contributed by atoms with Gasteiger partial charge in [-0.15, -0.1) is 0 Å². The largest absolute Gasteiger partial charge is 0.369 e. The fourth-order valence-corrected chi connectivity index (χ4v) is 2.24. The minimum atomic E-state index is 0.0858. The molecule has 1 aromatic rings. The molecule has 1 heterocycles. The van der Waals surface area contributed by atoms with E-state index in [1.54, 1.807) is 0 Å². The summed E-state index contributed by atoms with van der Waals surface area (Å²) in [5.74, 6) is 0. The van der Waals surface area contributed by atoms with Crippen LogP contribution >= 0.6 is 0 Å². The van der Waals surface area contributed by atoms with Gasteiger partial charge in [-0.1, -0.05) is 12.1 Å². The Hall–Kier alpha value is -1.37. The van der Waals surface area contributed by atoms with Gasteiger partial charge in [-0.2, -0.15) is 5.26 Å². The maximum Gasteiger partial charge on any atom is 0.0991 e. The van der Waals surface area contributed by atoms with Crippen LogP contribution in [0.4, 0.5) is 0 Å². The molecule has 1 aliphatic heterocycles. The molecule has 1 fully saturated rings. The average Bonchev–Trinajstić information content (AvgIpc) is 2.50. The first-order chi connectivity index (χ1) is 8.19. The van der Waals surface area contributed by atoms with Gasteiger partial charge in [0.15, 0.2) is 0 Å². The molecule has 3 nitrogen and oxygen atoms in total. The number of rotatable bonds is 1. The summed E-state index contributed by atoms with van der Waals surface area (Å²) in [6, 6.07) is 10.3. The monoisotopic (exact) mass is 230 g/mol. The first-order valence-corrected chi connectivity index (χ1v) is 6.08. The normalized spacial score (nSPS) is 29.4. The van der Waals surface area contributed by atoms with E-state index in [0.29, 0.717) is 11.6 Å². The van der Waals surface area contributed by atoms with Crippen molar-refractivity contribution >= 4 is 0 Å². The molecule has 3 atom stereocenters. The molecule has 0 saturated carbocycles. The van der Waals surface area contributed by atoms with Gasteiger partial charge in [-0.05, 0) is 38.0 Å². The van der Waals surface area contributed by atoms with E-state index in [1.807, 2.05) is 24.3 Å². The van der Waals surface area contributed by atoms with E-state index < -0.39 is 0 Å². The van der Waals surface area contributed by atoms with E-state index in [4.69, 9.17) is 10.00 Å². The molecule has 90 valence electrons. The summed E-state index contributed by atoms with van der Waals surface area (Å²) in [5.41, 5.74) is 1.83. The molecular formula is C14H18N2O. The van der Waals surface area contributed by atoms with Crippen molar-refractivity contribution in [2.45, 2.75) is 38.5 Å². The van der Waals surface area contributed by atoms with Gasteiger partial charge in [0.1, 0.15) is 0 Å². The average molecular weight is 230 g/mol. The van der Waals surface area contributed by atoms with Gasteiger partial charge in [-0.3, -0.25) is 0 Å². The molecule has 1 N–H and O–H groups in total. The lowest BCUT2D eigenvalue weighted by atomic mass is 10.1. The number of hydrogen-bond donors (Lipinski definition) is 1. The van der Waals surface area contributed by atoms with Crippen LogP contribution in [0.1, 0.15) is 37.5 Å². The van der Waals surface area contributed by atoms with Crippen molar-refractivity contribution in [3.8, 4) is 6.07 Å². The molecule has 0 aliphatic carbocycles. The number of nitrogens with zero attached hydrogens (tertiary/aromatic N) is 1. The van der Waals surface area contributed by atoms with Gasteiger partial charge in [0, 0.05) is 12.6 Å². The molecular weight excluding hydrogens is 212 g/mol. The number of nitriles is 1. The van der Waals surface area contributed by atoms with Crippen molar-refractivity contribution in [2.24, 2.45) is 0 Å². The third-order valence-electron chi connectivity index (χ3n) is 3.15. The standard InChI is InChI=1S/C14H18N2O/c1-10-7-11(2)17-14(9-16-10)13-5-3-12(8-15)4-6-13/h3-6,10-11,14,16H,7,9H2,1-2H3. The Bertz CT molecular complexity index is 407. The zero-order chi connectivity index (χ0) is 12.3. The van der Waals surface area contributed by atoms with E-state index >= 15 is 0 Å². The van der Waals surface area contributed by atoms with E-state index in [1.165, 1.54) is 0 Å². The molecule has 1 aromatic carbocycles. The molecule has 0 radical (unpaired) electrons. The van der Waals surface area contributed by atoms with Crippen molar-refractivity contribution in [1.29, 1.82) is 5.26 Å². The molecule has 17 heavy (non-hydrogen) atoms. The molecule has 2 rings (SSSR count).